The highest BCUT2D eigenvalue weighted by Crippen LogP contribution is 2.40. The number of nitrogens with two attached hydrogens (primary N) is 1. The minimum Gasteiger partial charge on any atom is -0.364 e. The summed E-state index contributed by atoms with van der Waals surface area (Å²) < 4.78 is 0. The lowest BCUT2D eigenvalue weighted by molar-refractivity contribution is 0.0995. The molecule has 0 atom stereocenters. The Balaban J connectivity index is 3.62. The van der Waals surface area contributed by atoms with Gasteiger partial charge in [0.15, 0.2) is 11.5 Å². The summed E-state index contributed by atoms with van der Waals surface area (Å²) in [5.41, 5.74) is 11.3. The van der Waals surface area contributed by atoms with Crippen molar-refractivity contribution in [2.24, 2.45) is 5.73 Å². The Morgan fingerprint density at radius 1 is 1.08 bits per heavy atom. The van der Waals surface area contributed by atoms with Crippen LogP contribution in [0.2, 0.25) is 16.6 Å². The lowest BCUT2D eigenvalue weighted by atomic mass is 10.3. The molecule has 26 heavy (non-hydrogen) atoms. The van der Waals surface area contributed by atoms with E-state index in [-0.39, 0.29) is 11.7 Å². The maximum atomic E-state index is 11.6. The summed E-state index contributed by atoms with van der Waals surface area (Å²) in [7, 11) is 0.0567. The topological polar surface area (TPSA) is 72.1 Å². The molecule has 0 aliphatic rings. The number of amides is 1. The highest BCUT2D eigenvalue weighted by Gasteiger charge is 2.41. The first kappa shape index (κ1) is 22.2. The van der Waals surface area contributed by atoms with E-state index in [1.807, 2.05) is 11.9 Å². The second kappa shape index (κ2) is 8.68. The van der Waals surface area contributed by atoms with Gasteiger partial charge in [-0.1, -0.05) is 47.5 Å². The van der Waals surface area contributed by atoms with Gasteiger partial charge < -0.3 is 10.6 Å². The minimum absolute atomic E-state index is 0.154. The quantitative estimate of drug-likeness (QED) is 0.603. The average Bonchev–Trinajstić information content (AvgIpc) is 2.53. The van der Waals surface area contributed by atoms with Gasteiger partial charge in [0.1, 0.15) is 13.8 Å². The van der Waals surface area contributed by atoms with E-state index in [9.17, 15) is 4.79 Å². The van der Waals surface area contributed by atoms with Crippen LogP contribution in [0.5, 0.6) is 0 Å². The summed E-state index contributed by atoms with van der Waals surface area (Å²) in [6.07, 6.45) is 1.43. The van der Waals surface area contributed by atoms with Gasteiger partial charge >= 0.3 is 0 Å². The molecule has 0 spiro atoms. The molecule has 0 saturated heterocycles. The Morgan fingerprint density at radius 2 is 1.58 bits per heavy atom. The van der Waals surface area contributed by atoms with E-state index in [4.69, 9.17) is 5.73 Å². The molecule has 5 nitrogen and oxygen atoms in total. The van der Waals surface area contributed by atoms with Crippen LogP contribution in [0.1, 0.15) is 71.6 Å². The third-order valence-electron chi connectivity index (χ3n) is 5.38. The van der Waals surface area contributed by atoms with Gasteiger partial charge in [0.25, 0.3) is 5.91 Å². The molecule has 1 aromatic rings. The number of hydrogen-bond donors (Lipinski definition) is 1. The van der Waals surface area contributed by atoms with Crippen LogP contribution in [0, 0.1) is 11.5 Å². The van der Waals surface area contributed by atoms with Crippen molar-refractivity contribution >= 4 is 19.8 Å². The van der Waals surface area contributed by atoms with E-state index in [2.05, 4.69) is 76.8 Å². The molecule has 0 fully saturated rings. The van der Waals surface area contributed by atoms with Crippen molar-refractivity contribution in [2.45, 2.75) is 78.1 Å². The zero-order valence-electron chi connectivity index (χ0n) is 17.7. The molecule has 0 bridgehead atoms. The van der Waals surface area contributed by atoms with Crippen LogP contribution in [0.15, 0.2) is 6.20 Å². The van der Waals surface area contributed by atoms with Crippen LogP contribution in [0.3, 0.4) is 0 Å². The van der Waals surface area contributed by atoms with Gasteiger partial charge in [-0.3, -0.25) is 4.79 Å². The summed E-state index contributed by atoms with van der Waals surface area (Å²) in [4.78, 5) is 22.4. The largest absolute Gasteiger partial charge is 0.364 e. The number of hydrogen-bond acceptors (Lipinski definition) is 4. The maximum Gasteiger partial charge on any atom is 0.268 e. The number of nitrogens with zero attached hydrogens (tertiary/aromatic N) is 3. The van der Waals surface area contributed by atoms with Gasteiger partial charge in [0.2, 0.25) is 0 Å². The highest BCUT2D eigenvalue weighted by molar-refractivity contribution is 6.90. The monoisotopic (exact) mass is 374 g/mol. The number of anilines is 1. The third-order valence-corrected chi connectivity index (χ3v) is 11.7. The molecule has 2 N–H and O–H groups in total. The van der Waals surface area contributed by atoms with Gasteiger partial charge in [-0.25, -0.2) is 9.97 Å². The number of carbonyl (C=O) groups is 1. The Kier molecular flexibility index (Phi) is 7.40. The highest BCUT2D eigenvalue weighted by atomic mass is 28.3. The predicted molar refractivity (Wildman–Crippen MR) is 112 cm³/mol. The molecule has 0 saturated carbocycles. The van der Waals surface area contributed by atoms with Crippen molar-refractivity contribution < 1.29 is 4.79 Å². The molecular weight excluding hydrogens is 340 g/mol. The van der Waals surface area contributed by atoms with Crippen LogP contribution in [-0.2, 0) is 0 Å². The smallest absolute Gasteiger partial charge is 0.268 e. The first-order valence-electron chi connectivity index (χ1n) is 9.37. The molecule has 0 unspecified atom stereocenters. The van der Waals surface area contributed by atoms with Crippen molar-refractivity contribution in [1.29, 1.82) is 0 Å². The summed E-state index contributed by atoms with van der Waals surface area (Å²) >= 11 is 0. The molecule has 0 aliphatic heterocycles. The first-order chi connectivity index (χ1) is 11.9. The summed E-state index contributed by atoms with van der Waals surface area (Å²) in [6.45, 7) is 17.8. The molecule has 0 radical (unpaired) electrons. The van der Waals surface area contributed by atoms with Crippen LogP contribution < -0.4 is 10.6 Å². The van der Waals surface area contributed by atoms with E-state index < -0.39 is 14.0 Å². The van der Waals surface area contributed by atoms with Crippen molar-refractivity contribution in [3.05, 3.63) is 17.6 Å². The van der Waals surface area contributed by atoms with Gasteiger partial charge in [-0.05, 0) is 30.5 Å². The fraction of sp³-hybridized carbons (Fsp3) is 0.650. The molecule has 144 valence electrons. The molecule has 0 aromatic carbocycles. The van der Waals surface area contributed by atoms with Gasteiger partial charge in [0.05, 0.1) is 6.20 Å². The van der Waals surface area contributed by atoms with E-state index in [0.717, 1.165) is 0 Å². The van der Waals surface area contributed by atoms with Crippen molar-refractivity contribution in [1.82, 2.24) is 9.97 Å². The number of primary amides is 1. The average molecular weight is 375 g/mol. The molecule has 1 heterocycles. The second-order valence-electron chi connectivity index (χ2n) is 8.14. The fourth-order valence-electron chi connectivity index (χ4n) is 3.69. The Morgan fingerprint density at radius 3 is 1.96 bits per heavy atom. The van der Waals surface area contributed by atoms with Crippen LogP contribution in [-0.4, -0.2) is 37.0 Å². The van der Waals surface area contributed by atoms with E-state index in [1.54, 1.807) is 0 Å². The Hall–Kier alpha value is -1.87. The summed E-state index contributed by atoms with van der Waals surface area (Å²) in [5, 5.41) is 0. The molecule has 1 amide bonds. The number of rotatable bonds is 6. The molecule has 1 rings (SSSR count). The fourth-order valence-corrected chi connectivity index (χ4v) is 8.89. The van der Waals surface area contributed by atoms with Gasteiger partial charge in [-0.15, -0.1) is 5.54 Å². The van der Waals surface area contributed by atoms with Crippen molar-refractivity contribution in [2.75, 3.05) is 11.9 Å². The zero-order chi connectivity index (χ0) is 20.2. The molecular formula is C20H34N4OSi. The zero-order valence-corrected chi connectivity index (χ0v) is 18.7. The van der Waals surface area contributed by atoms with E-state index in [1.165, 1.54) is 6.20 Å². The summed E-state index contributed by atoms with van der Waals surface area (Å²) in [6, 6.07) is 0.242. The van der Waals surface area contributed by atoms with Crippen molar-refractivity contribution in [3.8, 4) is 11.5 Å². The third kappa shape index (κ3) is 4.45. The van der Waals surface area contributed by atoms with E-state index >= 15 is 0 Å². The Labute approximate surface area is 159 Å². The van der Waals surface area contributed by atoms with Crippen LogP contribution in [0.25, 0.3) is 0 Å². The summed E-state index contributed by atoms with van der Waals surface area (Å²) in [5.74, 6) is 3.43. The molecule has 1 aromatic heterocycles. The molecule has 0 aliphatic carbocycles. The normalized spacial score (nSPS) is 11.9. The SMILES string of the molecule is CC(C)N(C)c1ncc(C(N)=O)nc1C#C[Si](C(C)C)(C(C)C)C(C)C. The Bertz CT molecular complexity index is 680. The first-order valence-corrected chi connectivity index (χ1v) is 11.6. The lowest BCUT2D eigenvalue weighted by Gasteiger charge is -2.38. The van der Waals surface area contributed by atoms with Crippen molar-refractivity contribution in [3.63, 3.8) is 0 Å². The van der Waals surface area contributed by atoms with Gasteiger partial charge in [-0.2, -0.15) is 0 Å². The minimum atomic E-state index is -1.90. The van der Waals surface area contributed by atoms with Gasteiger partial charge in [0, 0.05) is 13.1 Å². The predicted octanol–water partition coefficient (Wildman–Crippen LogP) is 3.99. The molecule has 6 heteroatoms. The standard InChI is InChI=1S/C20H34N4OSi/c1-13(2)24(9)20-17(23-18(12-22-20)19(21)25)10-11-26(14(3)4,15(5)6)16(7)8/h12-16H,1-9H3,(H2,21,25). The van der Waals surface area contributed by atoms with Crippen LogP contribution >= 0.6 is 0 Å². The van der Waals surface area contributed by atoms with Crippen LogP contribution in [0.4, 0.5) is 5.82 Å². The second-order valence-corrected chi connectivity index (χ2v) is 13.7. The lowest BCUT2D eigenvalue weighted by Crippen LogP contribution is -2.43. The maximum absolute atomic E-state index is 11.6. The van der Waals surface area contributed by atoms with E-state index in [0.29, 0.717) is 28.1 Å². The number of aromatic nitrogens is 2. The number of carbonyl (C=O) groups excluding carboxylic acids is 1.